The van der Waals surface area contributed by atoms with Crippen LogP contribution < -0.4 is 5.32 Å². The number of nitrogens with one attached hydrogen (secondary N) is 1. The van der Waals surface area contributed by atoms with Gasteiger partial charge in [0.25, 0.3) is 0 Å². The molecular weight excluding hydrogens is 767 g/mol. The van der Waals surface area contributed by atoms with Gasteiger partial charge >= 0.3 is 0 Å². The molecule has 1 saturated heterocycles. The number of amides is 1. The smallest absolute Gasteiger partial charge is 0.220 e. The molecule has 9 heteroatoms. The van der Waals surface area contributed by atoms with Gasteiger partial charge in [-0.05, 0) is 12.8 Å². The summed E-state index contributed by atoms with van der Waals surface area (Å²) in [6, 6.07) is -0.711. The molecule has 364 valence electrons. The van der Waals surface area contributed by atoms with Crippen molar-refractivity contribution in [1.29, 1.82) is 0 Å². The SMILES string of the molecule is CCCCCCCCCCCCCCCCCCCCCCCCCCCCCC(=O)N[C@@H](CO[C@@H]1O[C@H](CO)[C@H](O)C(O)C1O)[C@H](O)CCCCCCCCCCCCC. The van der Waals surface area contributed by atoms with Crippen molar-refractivity contribution in [2.45, 2.75) is 314 Å². The highest BCUT2D eigenvalue weighted by Crippen LogP contribution is 2.23. The molecule has 61 heavy (non-hydrogen) atoms. The summed E-state index contributed by atoms with van der Waals surface area (Å²) in [7, 11) is 0. The van der Waals surface area contributed by atoms with E-state index >= 15 is 0 Å². The second kappa shape index (κ2) is 43.1. The maximum absolute atomic E-state index is 13.0. The Labute approximate surface area is 376 Å². The molecule has 0 aliphatic carbocycles. The molecule has 0 aromatic rings. The predicted molar refractivity (Wildman–Crippen MR) is 254 cm³/mol. The average Bonchev–Trinajstić information content (AvgIpc) is 3.26. The number of hydrogen-bond donors (Lipinski definition) is 6. The molecular formula is C52H103NO8. The van der Waals surface area contributed by atoms with Gasteiger partial charge in [-0.3, -0.25) is 4.79 Å². The van der Waals surface area contributed by atoms with Crippen molar-refractivity contribution in [3.63, 3.8) is 0 Å². The molecule has 2 unspecified atom stereocenters. The second-order valence-electron chi connectivity index (χ2n) is 19.0. The molecule has 1 heterocycles. The minimum atomic E-state index is -1.55. The van der Waals surface area contributed by atoms with Crippen molar-refractivity contribution in [1.82, 2.24) is 5.32 Å². The van der Waals surface area contributed by atoms with E-state index in [1.54, 1.807) is 0 Å². The van der Waals surface area contributed by atoms with Gasteiger partial charge in [-0.25, -0.2) is 0 Å². The topological polar surface area (TPSA) is 149 Å². The standard InChI is InChI=1S/C52H103NO8/c1-3-5-7-9-11-13-15-16-17-18-19-20-21-22-23-24-25-26-27-28-29-30-32-34-36-38-40-42-48(56)53-45(44-60-52-51(59)50(58)49(57)47(43-54)61-52)46(55)41-39-37-35-33-31-14-12-10-8-6-4-2/h45-47,49-52,54-55,57-59H,3-44H2,1-2H3,(H,53,56)/t45-,46+,47+,49-,50?,51?,52+/m0/s1. The molecule has 0 bridgehead atoms. The minimum Gasteiger partial charge on any atom is -0.394 e. The van der Waals surface area contributed by atoms with E-state index in [2.05, 4.69) is 19.2 Å². The Morgan fingerprint density at radius 1 is 0.492 bits per heavy atom. The summed E-state index contributed by atoms with van der Waals surface area (Å²) >= 11 is 0. The van der Waals surface area contributed by atoms with Crippen molar-refractivity contribution >= 4 is 5.91 Å². The summed E-state index contributed by atoms with van der Waals surface area (Å²) in [5, 5.41) is 54.4. The fourth-order valence-electron chi connectivity index (χ4n) is 8.93. The number of aliphatic hydroxyl groups is 5. The summed E-state index contributed by atoms with van der Waals surface area (Å²) in [6.45, 7) is 3.85. The van der Waals surface area contributed by atoms with E-state index in [1.165, 1.54) is 205 Å². The molecule has 0 aromatic carbocycles. The van der Waals surface area contributed by atoms with Crippen molar-refractivity contribution < 1.29 is 39.8 Å². The summed E-state index contributed by atoms with van der Waals surface area (Å²) < 4.78 is 11.3. The summed E-state index contributed by atoms with van der Waals surface area (Å²) in [5.41, 5.74) is 0. The van der Waals surface area contributed by atoms with Gasteiger partial charge in [0.1, 0.15) is 24.4 Å². The number of hydrogen-bond acceptors (Lipinski definition) is 8. The zero-order chi connectivity index (χ0) is 44.4. The molecule has 1 rings (SSSR count). The van der Waals surface area contributed by atoms with Gasteiger partial charge in [0.15, 0.2) is 6.29 Å². The highest BCUT2D eigenvalue weighted by atomic mass is 16.7. The molecule has 0 saturated carbocycles. The first kappa shape index (κ1) is 58.2. The van der Waals surface area contributed by atoms with Gasteiger partial charge in [-0.2, -0.15) is 0 Å². The Bertz CT molecular complexity index is 924. The molecule has 0 aromatic heterocycles. The van der Waals surface area contributed by atoms with E-state index < -0.39 is 49.5 Å². The first-order valence-corrected chi connectivity index (χ1v) is 26.7. The van der Waals surface area contributed by atoms with Crippen LogP contribution in [0.25, 0.3) is 0 Å². The molecule has 1 amide bonds. The van der Waals surface area contributed by atoms with Crippen molar-refractivity contribution in [3.05, 3.63) is 0 Å². The molecule has 7 atom stereocenters. The van der Waals surface area contributed by atoms with E-state index in [0.29, 0.717) is 12.8 Å². The summed E-state index contributed by atoms with van der Waals surface area (Å²) in [6.07, 6.45) is 42.8. The molecule has 1 aliphatic rings. The minimum absolute atomic E-state index is 0.132. The third-order valence-corrected chi connectivity index (χ3v) is 13.2. The van der Waals surface area contributed by atoms with Crippen LogP contribution in [0.1, 0.15) is 271 Å². The second-order valence-corrected chi connectivity index (χ2v) is 19.0. The Kier molecular flexibility index (Phi) is 41.1. The lowest BCUT2D eigenvalue weighted by Gasteiger charge is -2.40. The van der Waals surface area contributed by atoms with Crippen LogP contribution >= 0.6 is 0 Å². The zero-order valence-electron chi connectivity index (χ0n) is 40.2. The molecule has 0 radical (unpaired) electrons. The van der Waals surface area contributed by atoms with Crippen LogP contribution in [0.2, 0.25) is 0 Å². The Hall–Kier alpha value is -0.810. The molecule has 1 aliphatic heterocycles. The van der Waals surface area contributed by atoms with Crippen molar-refractivity contribution in [3.8, 4) is 0 Å². The number of aliphatic hydroxyl groups excluding tert-OH is 5. The van der Waals surface area contributed by atoms with Gasteiger partial charge in [0, 0.05) is 6.42 Å². The normalized spacial score (nSPS) is 20.3. The lowest BCUT2D eigenvalue weighted by Crippen LogP contribution is -2.60. The van der Waals surface area contributed by atoms with Crippen LogP contribution in [0.5, 0.6) is 0 Å². The number of unbranched alkanes of at least 4 members (excludes halogenated alkanes) is 36. The van der Waals surface area contributed by atoms with Gasteiger partial charge in [0.05, 0.1) is 25.4 Å². The fraction of sp³-hybridized carbons (Fsp3) is 0.981. The molecule has 0 spiro atoms. The van der Waals surface area contributed by atoms with Crippen LogP contribution in [-0.2, 0) is 14.3 Å². The first-order chi connectivity index (χ1) is 29.8. The van der Waals surface area contributed by atoms with Crippen LogP contribution in [0, 0.1) is 0 Å². The summed E-state index contributed by atoms with van der Waals surface area (Å²) in [5.74, 6) is -0.139. The van der Waals surface area contributed by atoms with Gasteiger partial charge in [-0.15, -0.1) is 0 Å². The van der Waals surface area contributed by atoms with Crippen molar-refractivity contribution in [2.75, 3.05) is 13.2 Å². The lowest BCUT2D eigenvalue weighted by molar-refractivity contribution is -0.302. The van der Waals surface area contributed by atoms with E-state index in [-0.39, 0.29) is 12.5 Å². The predicted octanol–water partition coefficient (Wildman–Crippen LogP) is 12.3. The monoisotopic (exact) mass is 870 g/mol. The third-order valence-electron chi connectivity index (χ3n) is 13.2. The number of carbonyl (C=O) groups is 1. The largest absolute Gasteiger partial charge is 0.394 e. The molecule has 9 nitrogen and oxygen atoms in total. The maximum Gasteiger partial charge on any atom is 0.220 e. The van der Waals surface area contributed by atoms with Crippen LogP contribution in [-0.4, -0.2) is 87.5 Å². The van der Waals surface area contributed by atoms with E-state index in [1.807, 2.05) is 0 Å². The lowest BCUT2D eigenvalue weighted by atomic mass is 9.99. The van der Waals surface area contributed by atoms with Crippen LogP contribution in [0.3, 0.4) is 0 Å². The Morgan fingerprint density at radius 2 is 0.820 bits per heavy atom. The highest BCUT2D eigenvalue weighted by Gasteiger charge is 2.44. The zero-order valence-corrected chi connectivity index (χ0v) is 40.2. The quantitative estimate of drug-likeness (QED) is 0.0331. The maximum atomic E-state index is 13.0. The van der Waals surface area contributed by atoms with Gasteiger partial charge in [0.2, 0.25) is 5.91 Å². The highest BCUT2D eigenvalue weighted by molar-refractivity contribution is 5.76. The number of carbonyl (C=O) groups excluding carboxylic acids is 1. The summed E-state index contributed by atoms with van der Waals surface area (Å²) in [4.78, 5) is 13.0. The van der Waals surface area contributed by atoms with E-state index in [0.717, 1.165) is 38.5 Å². The number of rotatable bonds is 46. The molecule has 1 fully saturated rings. The van der Waals surface area contributed by atoms with Gasteiger partial charge < -0.3 is 40.3 Å². The van der Waals surface area contributed by atoms with Crippen LogP contribution in [0.4, 0.5) is 0 Å². The van der Waals surface area contributed by atoms with Crippen molar-refractivity contribution in [2.24, 2.45) is 0 Å². The third kappa shape index (κ3) is 33.3. The Morgan fingerprint density at radius 3 is 1.16 bits per heavy atom. The fourth-order valence-corrected chi connectivity index (χ4v) is 8.93. The average molecular weight is 870 g/mol. The molecule has 6 N–H and O–H groups in total. The van der Waals surface area contributed by atoms with Gasteiger partial charge in [-0.1, -0.05) is 251 Å². The van der Waals surface area contributed by atoms with E-state index in [4.69, 9.17) is 9.47 Å². The number of ether oxygens (including phenoxy) is 2. The Balaban J connectivity index is 2.13. The first-order valence-electron chi connectivity index (χ1n) is 26.7. The van der Waals surface area contributed by atoms with Crippen LogP contribution in [0.15, 0.2) is 0 Å². The van der Waals surface area contributed by atoms with E-state index in [9.17, 15) is 30.3 Å².